The van der Waals surface area contributed by atoms with Gasteiger partial charge in [0.15, 0.2) is 0 Å². The highest BCUT2D eigenvalue weighted by molar-refractivity contribution is 7.99. The van der Waals surface area contributed by atoms with E-state index in [-0.39, 0.29) is 6.61 Å². The molecule has 1 amide bonds. The molecule has 0 aliphatic rings. The number of ether oxygens (including phenoxy) is 2. The lowest BCUT2D eigenvalue weighted by Gasteiger charge is -2.23. The van der Waals surface area contributed by atoms with Crippen molar-refractivity contribution < 1.29 is 39.2 Å². The molecule has 254 valence electrons. The van der Waals surface area contributed by atoms with E-state index in [2.05, 4.69) is 43.9 Å². The van der Waals surface area contributed by atoms with Gasteiger partial charge in [0.1, 0.15) is 6.10 Å². The van der Waals surface area contributed by atoms with Gasteiger partial charge < -0.3 is 19.3 Å². The second-order valence-corrected chi connectivity index (χ2v) is 15.6. The van der Waals surface area contributed by atoms with Gasteiger partial charge in [0.05, 0.1) is 33.9 Å². The summed E-state index contributed by atoms with van der Waals surface area (Å²) in [5, 5.41) is 2.21. The second kappa shape index (κ2) is 25.4. The third kappa shape index (κ3) is 29.1. The number of quaternary nitrogens is 1. The fourth-order valence-electron chi connectivity index (χ4n) is 4.47. The van der Waals surface area contributed by atoms with E-state index in [4.69, 9.17) is 9.47 Å². The first-order valence-electron chi connectivity index (χ1n) is 16.0. The van der Waals surface area contributed by atoms with E-state index in [0.29, 0.717) is 12.7 Å². The van der Waals surface area contributed by atoms with E-state index in [1.807, 2.05) is 0 Å². The molecule has 0 aromatic heterocycles. The molecular formula is C30H65N2O8S2+. The Hall–Kier alpha value is -0.950. The number of alkyl carbamates (subject to hydrolysis) is 1. The van der Waals surface area contributed by atoms with Crippen molar-refractivity contribution in [3.05, 3.63) is 0 Å². The fourth-order valence-corrected chi connectivity index (χ4v) is 6.94. The van der Waals surface area contributed by atoms with Crippen LogP contribution in [0.3, 0.4) is 0 Å². The maximum absolute atomic E-state index is 12.3. The zero-order valence-corrected chi connectivity index (χ0v) is 29.8. The molecule has 0 aromatic rings. The average Bonchev–Trinajstić information content (AvgIpc) is 2.86. The summed E-state index contributed by atoms with van der Waals surface area (Å²) in [5.41, 5.74) is -1.74. The third-order valence-electron chi connectivity index (χ3n) is 6.56. The predicted molar refractivity (Wildman–Crippen MR) is 172 cm³/mol. The molecule has 0 bridgehead atoms. The first-order chi connectivity index (χ1) is 19.6. The Labute approximate surface area is 259 Å². The highest BCUT2D eigenvalue weighted by Gasteiger charge is 2.38. The zero-order chi connectivity index (χ0) is 32.5. The van der Waals surface area contributed by atoms with Crippen LogP contribution in [-0.4, -0.2) is 86.5 Å². The third-order valence-corrected chi connectivity index (χ3v) is 9.39. The van der Waals surface area contributed by atoms with Crippen LogP contribution in [0.5, 0.6) is 0 Å². The molecule has 0 rings (SSSR count). The molecule has 1 N–H and O–H groups in total. The quantitative estimate of drug-likeness (QED) is 0.0855. The van der Waals surface area contributed by atoms with Gasteiger partial charge in [-0.15, -0.1) is 3.63 Å². The smallest absolute Gasteiger partial charge is 0.407 e. The molecule has 2 atom stereocenters. The van der Waals surface area contributed by atoms with Gasteiger partial charge in [-0.05, 0) is 19.8 Å². The fraction of sp³-hybridized carbons (Fsp3) is 0.967. The lowest BCUT2D eigenvalue weighted by Crippen LogP contribution is -2.41. The number of amides is 1. The minimum Gasteiger partial charge on any atom is -0.443 e. The van der Waals surface area contributed by atoms with Crippen molar-refractivity contribution in [3.63, 3.8) is 0 Å². The molecule has 0 heterocycles. The SMILES string of the molecule is CCCCCCCCCCCCCCCCCCOC(C(C)OC(=O)NC)S(=O)(=O)OS(C)(=O)=O.CCC[N+](C)(C)C. The van der Waals surface area contributed by atoms with Crippen LogP contribution in [-0.2, 0) is 33.3 Å². The maximum atomic E-state index is 12.3. The number of carbonyl (C=O) groups is 1. The lowest BCUT2D eigenvalue weighted by atomic mass is 10.0. The summed E-state index contributed by atoms with van der Waals surface area (Å²) in [6.07, 6.45) is 19.3. The number of hydrogen-bond donors (Lipinski definition) is 1. The van der Waals surface area contributed by atoms with Crippen LogP contribution in [0.4, 0.5) is 4.79 Å². The van der Waals surface area contributed by atoms with Gasteiger partial charge in [0.25, 0.3) is 10.1 Å². The number of nitrogens with one attached hydrogen (secondary N) is 1. The molecule has 10 nitrogen and oxygen atoms in total. The number of hydrogen-bond acceptors (Lipinski definition) is 8. The van der Waals surface area contributed by atoms with E-state index in [1.54, 1.807) is 0 Å². The van der Waals surface area contributed by atoms with Crippen LogP contribution in [0.25, 0.3) is 0 Å². The molecule has 0 saturated carbocycles. The van der Waals surface area contributed by atoms with Crippen molar-refractivity contribution in [3.8, 4) is 0 Å². The van der Waals surface area contributed by atoms with Gasteiger partial charge in [-0.1, -0.05) is 110 Å². The normalized spacial score (nSPS) is 13.6. The summed E-state index contributed by atoms with van der Waals surface area (Å²) in [6, 6.07) is 0. The summed E-state index contributed by atoms with van der Waals surface area (Å²) in [4.78, 5) is 11.4. The highest BCUT2D eigenvalue weighted by atomic mass is 32.3. The topological polar surface area (TPSA) is 125 Å². The highest BCUT2D eigenvalue weighted by Crippen LogP contribution is 2.18. The molecule has 0 aliphatic heterocycles. The Kier molecular flexibility index (Phi) is 26.1. The number of unbranched alkanes of at least 4 members (excludes halogenated alkanes) is 15. The van der Waals surface area contributed by atoms with Gasteiger partial charge >= 0.3 is 16.2 Å². The van der Waals surface area contributed by atoms with Gasteiger partial charge in [0.2, 0.25) is 5.44 Å². The van der Waals surface area contributed by atoms with Crippen LogP contribution in [0.15, 0.2) is 0 Å². The minimum absolute atomic E-state index is 0.0803. The zero-order valence-electron chi connectivity index (χ0n) is 28.1. The molecule has 0 radical (unpaired) electrons. The van der Waals surface area contributed by atoms with Crippen LogP contribution in [0.2, 0.25) is 0 Å². The first-order valence-corrected chi connectivity index (χ1v) is 19.3. The number of nitrogens with zero attached hydrogens (tertiary/aromatic N) is 1. The van der Waals surface area contributed by atoms with Crippen LogP contribution in [0.1, 0.15) is 130 Å². The lowest BCUT2D eigenvalue weighted by molar-refractivity contribution is -0.870. The molecule has 2 unspecified atom stereocenters. The maximum Gasteiger partial charge on any atom is 0.407 e. The van der Waals surface area contributed by atoms with Crippen molar-refractivity contribution in [2.45, 2.75) is 141 Å². The van der Waals surface area contributed by atoms with Crippen LogP contribution < -0.4 is 5.32 Å². The molecule has 0 saturated heterocycles. The standard InChI is InChI=1S/C24H49NO8S2.C6H16N/c1-5-6-7-8-9-10-11-12-13-14-15-16-17-18-19-20-21-31-23(22(2)32-24(26)25-3)35(29,30)33-34(4,27)28;1-5-6-7(2,3)4/h22-23H,5-21H2,1-4H3,(H,25,26);5-6H2,1-4H3/q;+1. The van der Waals surface area contributed by atoms with E-state index < -0.39 is 37.9 Å². The first kappa shape index (κ1) is 43.2. The van der Waals surface area contributed by atoms with Crippen molar-refractivity contribution in [2.75, 3.05) is 47.6 Å². The molecule has 42 heavy (non-hydrogen) atoms. The molecule has 0 aliphatic carbocycles. The Morgan fingerprint density at radius 3 is 1.43 bits per heavy atom. The van der Waals surface area contributed by atoms with Crippen molar-refractivity contribution in [2.24, 2.45) is 0 Å². The van der Waals surface area contributed by atoms with Crippen LogP contribution in [0, 0.1) is 0 Å². The molecule has 0 spiro atoms. The van der Waals surface area contributed by atoms with E-state index >= 15 is 0 Å². The number of rotatable bonds is 25. The van der Waals surface area contributed by atoms with E-state index in [9.17, 15) is 21.6 Å². The minimum atomic E-state index is -4.67. The van der Waals surface area contributed by atoms with Gasteiger partial charge in [-0.2, -0.15) is 16.8 Å². The summed E-state index contributed by atoms with van der Waals surface area (Å²) in [7, 11) is -0.993. The van der Waals surface area contributed by atoms with E-state index in [0.717, 1.165) is 23.7 Å². The van der Waals surface area contributed by atoms with Gasteiger partial charge in [0, 0.05) is 13.7 Å². The van der Waals surface area contributed by atoms with Crippen molar-refractivity contribution in [1.82, 2.24) is 5.32 Å². The van der Waals surface area contributed by atoms with Crippen molar-refractivity contribution in [1.29, 1.82) is 0 Å². The Balaban J connectivity index is 0. The molecule has 0 aromatic carbocycles. The summed E-state index contributed by atoms with van der Waals surface area (Å²) >= 11 is 0. The molecule has 12 heteroatoms. The van der Waals surface area contributed by atoms with Crippen LogP contribution >= 0.6 is 0 Å². The Bertz CT molecular complexity index is 859. The van der Waals surface area contributed by atoms with Gasteiger partial charge in [-0.3, -0.25) is 0 Å². The Morgan fingerprint density at radius 1 is 0.714 bits per heavy atom. The largest absolute Gasteiger partial charge is 0.443 e. The second-order valence-electron chi connectivity index (χ2n) is 12.2. The summed E-state index contributed by atoms with van der Waals surface area (Å²) in [5.74, 6) is 0. The van der Waals surface area contributed by atoms with Gasteiger partial charge in [-0.25, -0.2) is 4.79 Å². The predicted octanol–water partition coefficient (Wildman–Crippen LogP) is 6.74. The molecule has 0 fully saturated rings. The number of carbonyl (C=O) groups excluding carboxylic acids is 1. The monoisotopic (exact) mass is 645 g/mol. The molecular weight excluding hydrogens is 580 g/mol. The van der Waals surface area contributed by atoms with E-state index in [1.165, 1.54) is 104 Å². The average molecular weight is 646 g/mol. The summed E-state index contributed by atoms with van der Waals surface area (Å²) < 4.78 is 62.9. The Morgan fingerprint density at radius 2 is 1.12 bits per heavy atom. The summed E-state index contributed by atoms with van der Waals surface area (Å²) in [6.45, 7) is 7.12. The van der Waals surface area contributed by atoms with Crippen molar-refractivity contribution >= 4 is 26.3 Å².